The molecule has 1 N–H and O–H groups in total. The molecule has 108 valence electrons. The van der Waals surface area contributed by atoms with E-state index in [0.717, 1.165) is 0 Å². The van der Waals surface area contributed by atoms with Crippen LogP contribution in [0.2, 0.25) is 0 Å². The first-order valence-electron chi connectivity index (χ1n) is 6.39. The molecule has 1 atom stereocenters. The molecule has 1 saturated heterocycles. The first kappa shape index (κ1) is 14.2. The topological polar surface area (TPSA) is 67.9 Å². The second-order valence-corrected chi connectivity index (χ2v) is 4.54. The maximum atomic E-state index is 12.5. The lowest BCUT2D eigenvalue weighted by Crippen LogP contribution is -2.55. The van der Waals surface area contributed by atoms with Gasteiger partial charge in [0, 0.05) is 18.7 Å². The maximum Gasteiger partial charge on any atom is 0.254 e. The number of carbonyl (C=O) groups is 2. The average Bonchev–Trinajstić information content (AvgIpc) is 2.48. The van der Waals surface area contributed by atoms with E-state index in [0.29, 0.717) is 30.2 Å². The van der Waals surface area contributed by atoms with Crippen LogP contribution in [0.4, 0.5) is 0 Å². The predicted octanol–water partition coefficient (Wildman–Crippen LogP) is 0.664. The lowest BCUT2D eigenvalue weighted by Gasteiger charge is -2.32. The molecule has 0 saturated carbocycles. The normalized spacial score (nSPS) is 18.4. The summed E-state index contributed by atoms with van der Waals surface area (Å²) in [6, 6.07) is 4.51. The van der Waals surface area contributed by atoms with Crippen LogP contribution >= 0.6 is 0 Å². The zero-order valence-electron chi connectivity index (χ0n) is 11.8. The molecule has 1 heterocycles. The molecule has 0 spiro atoms. The monoisotopic (exact) mass is 278 g/mol. The highest BCUT2D eigenvalue weighted by Gasteiger charge is 2.30. The molecule has 0 unspecified atom stereocenters. The zero-order chi connectivity index (χ0) is 14.7. The third-order valence-corrected chi connectivity index (χ3v) is 3.39. The summed E-state index contributed by atoms with van der Waals surface area (Å²) >= 11 is 0. The minimum absolute atomic E-state index is 0.134. The average molecular weight is 278 g/mol. The van der Waals surface area contributed by atoms with Crippen LogP contribution in [0, 0.1) is 0 Å². The van der Waals surface area contributed by atoms with Crippen LogP contribution in [0.15, 0.2) is 18.2 Å². The Hall–Kier alpha value is -2.24. The number of methoxy groups -OCH3 is 2. The number of ether oxygens (including phenoxy) is 2. The minimum Gasteiger partial charge on any atom is -0.493 e. The molecule has 6 heteroatoms. The van der Waals surface area contributed by atoms with Gasteiger partial charge in [0.05, 0.1) is 14.2 Å². The SMILES string of the molecule is COc1ccc(C(=O)N2CCNC(=O)[C@@H]2C)cc1OC. The molecular weight excluding hydrogens is 260 g/mol. The second-order valence-electron chi connectivity index (χ2n) is 4.54. The van der Waals surface area contributed by atoms with Crippen molar-refractivity contribution in [1.29, 1.82) is 0 Å². The van der Waals surface area contributed by atoms with Crippen molar-refractivity contribution >= 4 is 11.8 Å². The van der Waals surface area contributed by atoms with Gasteiger partial charge >= 0.3 is 0 Å². The van der Waals surface area contributed by atoms with Crippen molar-refractivity contribution in [3.05, 3.63) is 23.8 Å². The molecule has 20 heavy (non-hydrogen) atoms. The highest BCUT2D eigenvalue weighted by Crippen LogP contribution is 2.28. The van der Waals surface area contributed by atoms with Crippen molar-refractivity contribution in [3.8, 4) is 11.5 Å². The molecule has 6 nitrogen and oxygen atoms in total. The van der Waals surface area contributed by atoms with Gasteiger partial charge in [-0.2, -0.15) is 0 Å². The van der Waals surface area contributed by atoms with Crippen LogP contribution in [0.1, 0.15) is 17.3 Å². The number of amides is 2. The fraction of sp³-hybridized carbons (Fsp3) is 0.429. The van der Waals surface area contributed by atoms with Crippen molar-refractivity contribution in [2.75, 3.05) is 27.3 Å². The number of benzene rings is 1. The first-order chi connectivity index (χ1) is 9.58. The van der Waals surface area contributed by atoms with Crippen molar-refractivity contribution < 1.29 is 19.1 Å². The Morgan fingerprint density at radius 2 is 2.00 bits per heavy atom. The van der Waals surface area contributed by atoms with Crippen LogP contribution in [0.25, 0.3) is 0 Å². The third-order valence-electron chi connectivity index (χ3n) is 3.39. The van der Waals surface area contributed by atoms with Crippen LogP contribution in [0.5, 0.6) is 11.5 Å². The van der Waals surface area contributed by atoms with Gasteiger partial charge in [-0.15, -0.1) is 0 Å². The van der Waals surface area contributed by atoms with E-state index in [9.17, 15) is 9.59 Å². The van der Waals surface area contributed by atoms with Gasteiger partial charge in [0.15, 0.2) is 11.5 Å². The minimum atomic E-state index is -0.468. The van der Waals surface area contributed by atoms with Crippen LogP contribution < -0.4 is 14.8 Å². The Labute approximate surface area is 117 Å². The quantitative estimate of drug-likeness (QED) is 0.882. The molecule has 0 radical (unpaired) electrons. The van der Waals surface area contributed by atoms with Gasteiger partial charge in [0.25, 0.3) is 5.91 Å². The summed E-state index contributed by atoms with van der Waals surface area (Å²) in [5.74, 6) is 0.735. The van der Waals surface area contributed by atoms with Crippen LogP contribution in [0.3, 0.4) is 0 Å². The highest BCUT2D eigenvalue weighted by atomic mass is 16.5. The fourth-order valence-electron chi connectivity index (χ4n) is 2.19. The smallest absolute Gasteiger partial charge is 0.254 e. The zero-order valence-corrected chi connectivity index (χ0v) is 11.8. The Morgan fingerprint density at radius 1 is 1.30 bits per heavy atom. The van der Waals surface area contributed by atoms with E-state index in [4.69, 9.17) is 9.47 Å². The first-order valence-corrected chi connectivity index (χ1v) is 6.39. The fourth-order valence-corrected chi connectivity index (χ4v) is 2.19. The van der Waals surface area contributed by atoms with Gasteiger partial charge in [0.2, 0.25) is 5.91 Å². The van der Waals surface area contributed by atoms with E-state index in [1.165, 1.54) is 14.2 Å². The number of rotatable bonds is 3. The largest absolute Gasteiger partial charge is 0.493 e. The van der Waals surface area contributed by atoms with E-state index in [1.54, 1.807) is 30.0 Å². The molecule has 2 rings (SSSR count). The Balaban J connectivity index is 2.26. The molecule has 0 aliphatic carbocycles. The Bertz CT molecular complexity index is 530. The molecule has 0 bridgehead atoms. The summed E-state index contributed by atoms with van der Waals surface area (Å²) in [7, 11) is 3.06. The number of nitrogens with zero attached hydrogens (tertiary/aromatic N) is 1. The predicted molar refractivity (Wildman–Crippen MR) is 73.1 cm³/mol. The van der Waals surface area contributed by atoms with Gasteiger partial charge in [-0.05, 0) is 25.1 Å². The lowest BCUT2D eigenvalue weighted by molar-refractivity contribution is -0.127. The molecule has 1 fully saturated rings. The lowest BCUT2D eigenvalue weighted by atomic mass is 10.1. The highest BCUT2D eigenvalue weighted by molar-refractivity contribution is 5.98. The van der Waals surface area contributed by atoms with Gasteiger partial charge in [-0.3, -0.25) is 9.59 Å². The van der Waals surface area contributed by atoms with E-state index in [1.807, 2.05) is 0 Å². The number of piperazine rings is 1. The van der Waals surface area contributed by atoms with Crippen molar-refractivity contribution in [3.63, 3.8) is 0 Å². The Morgan fingerprint density at radius 3 is 2.65 bits per heavy atom. The summed E-state index contributed by atoms with van der Waals surface area (Å²) in [5.41, 5.74) is 0.476. The Kier molecular flexibility index (Phi) is 4.12. The third kappa shape index (κ3) is 2.54. The van der Waals surface area contributed by atoms with E-state index < -0.39 is 6.04 Å². The molecule has 1 aliphatic heterocycles. The second kappa shape index (κ2) is 5.81. The van der Waals surface area contributed by atoms with Gasteiger partial charge < -0.3 is 19.7 Å². The molecule has 1 aromatic rings. The number of carbonyl (C=O) groups excluding carboxylic acids is 2. The molecule has 1 aromatic carbocycles. The van der Waals surface area contributed by atoms with Gasteiger partial charge in [-0.25, -0.2) is 0 Å². The summed E-state index contributed by atoms with van der Waals surface area (Å²) in [6.45, 7) is 2.69. The van der Waals surface area contributed by atoms with E-state index in [2.05, 4.69) is 5.32 Å². The van der Waals surface area contributed by atoms with Crippen LogP contribution in [-0.4, -0.2) is 50.1 Å². The molecule has 2 amide bonds. The van der Waals surface area contributed by atoms with Crippen LogP contribution in [-0.2, 0) is 4.79 Å². The van der Waals surface area contributed by atoms with Crippen molar-refractivity contribution in [1.82, 2.24) is 10.2 Å². The summed E-state index contributed by atoms with van der Waals surface area (Å²) in [5, 5.41) is 2.73. The number of nitrogens with one attached hydrogen (secondary N) is 1. The standard InChI is InChI=1S/C14H18N2O4/c1-9-13(17)15-6-7-16(9)14(18)10-4-5-11(19-2)12(8-10)20-3/h4-5,8-9H,6-7H2,1-3H3,(H,15,17)/t9-/m0/s1. The number of hydrogen-bond acceptors (Lipinski definition) is 4. The number of hydrogen-bond donors (Lipinski definition) is 1. The van der Waals surface area contributed by atoms with Gasteiger partial charge in [-0.1, -0.05) is 0 Å². The molecular formula is C14H18N2O4. The van der Waals surface area contributed by atoms with Crippen molar-refractivity contribution in [2.45, 2.75) is 13.0 Å². The van der Waals surface area contributed by atoms with Gasteiger partial charge in [0.1, 0.15) is 6.04 Å². The maximum absolute atomic E-state index is 12.5. The van der Waals surface area contributed by atoms with E-state index in [-0.39, 0.29) is 11.8 Å². The molecule has 0 aromatic heterocycles. The van der Waals surface area contributed by atoms with Crippen molar-refractivity contribution in [2.24, 2.45) is 0 Å². The summed E-state index contributed by atoms with van der Waals surface area (Å²) < 4.78 is 10.3. The van der Waals surface area contributed by atoms with E-state index >= 15 is 0 Å². The summed E-state index contributed by atoms with van der Waals surface area (Å²) in [6.07, 6.45) is 0. The molecule has 1 aliphatic rings. The summed E-state index contributed by atoms with van der Waals surface area (Å²) in [4.78, 5) is 25.6.